The molecule has 0 aromatic heterocycles. The molecule has 0 saturated carbocycles. The maximum Gasteiger partial charge on any atom is 0.127 e. The van der Waals surface area contributed by atoms with E-state index in [1.807, 2.05) is 0 Å². The van der Waals surface area contributed by atoms with Crippen LogP contribution in [0.15, 0.2) is 22.7 Å². The first-order valence-corrected chi connectivity index (χ1v) is 4.77. The molecule has 0 amide bonds. The Balaban J connectivity index is 2.75. The van der Waals surface area contributed by atoms with Crippen molar-refractivity contribution in [2.75, 3.05) is 6.00 Å². The molecule has 0 unspecified atom stereocenters. The van der Waals surface area contributed by atoms with E-state index in [9.17, 15) is 4.39 Å². The number of hydrogen-bond acceptors (Lipinski definition) is 1. The third-order valence-corrected chi connectivity index (χ3v) is 2.10. The van der Waals surface area contributed by atoms with Gasteiger partial charge in [0, 0.05) is 16.6 Å². The van der Waals surface area contributed by atoms with Gasteiger partial charge in [-0.1, -0.05) is 15.9 Å². The van der Waals surface area contributed by atoms with Crippen LogP contribution in [0.25, 0.3) is 0 Å². The number of rotatable bonds is 3. The molecular formula is C8H8BrClFN. The molecule has 0 saturated heterocycles. The van der Waals surface area contributed by atoms with E-state index in [0.717, 1.165) is 4.47 Å². The molecule has 0 bridgehead atoms. The summed E-state index contributed by atoms with van der Waals surface area (Å²) >= 11 is 8.66. The summed E-state index contributed by atoms with van der Waals surface area (Å²) in [5.74, 6) is -0.212. The van der Waals surface area contributed by atoms with Crippen LogP contribution in [-0.4, -0.2) is 6.00 Å². The van der Waals surface area contributed by atoms with Crippen LogP contribution in [0.3, 0.4) is 0 Å². The van der Waals surface area contributed by atoms with E-state index in [2.05, 4.69) is 21.2 Å². The summed E-state index contributed by atoms with van der Waals surface area (Å²) in [7, 11) is 0. The summed E-state index contributed by atoms with van der Waals surface area (Å²) < 4.78 is 13.9. The van der Waals surface area contributed by atoms with Crippen LogP contribution >= 0.6 is 27.5 Å². The summed E-state index contributed by atoms with van der Waals surface area (Å²) in [6, 6.07) is 5.15. The number of nitrogens with one attached hydrogen (secondary N) is 1. The van der Waals surface area contributed by atoms with Crippen molar-refractivity contribution in [1.29, 1.82) is 0 Å². The van der Waals surface area contributed by atoms with Crippen LogP contribution < -0.4 is 5.32 Å². The largest absolute Gasteiger partial charge is 0.300 e. The van der Waals surface area contributed by atoms with Crippen LogP contribution in [0, 0.1) is 5.82 Å². The van der Waals surface area contributed by atoms with Crippen LogP contribution in [-0.2, 0) is 6.54 Å². The highest BCUT2D eigenvalue weighted by molar-refractivity contribution is 9.10. The Labute approximate surface area is 84.0 Å². The molecule has 0 spiro atoms. The van der Waals surface area contributed by atoms with Gasteiger partial charge in [-0.2, -0.15) is 0 Å². The molecule has 12 heavy (non-hydrogen) atoms. The van der Waals surface area contributed by atoms with Crippen molar-refractivity contribution in [3.05, 3.63) is 34.1 Å². The van der Waals surface area contributed by atoms with Gasteiger partial charge in [0.2, 0.25) is 0 Å². The van der Waals surface area contributed by atoms with E-state index in [-0.39, 0.29) is 5.82 Å². The van der Waals surface area contributed by atoms with E-state index in [1.54, 1.807) is 12.1 Å². The van der Waals surface area contributed by atoms with Crippen molar-refractivity contribution in [2.24, 2.45) is 0 Å². The Morgan fingerprint density at radius 2 is 2.25 bits per heavy atom. The predicted molar refractivity (Wildman–Crippen MR) is 51.7 cm³/mol. The second-order valence-electron chi connectivity index (χ2n) is 2.30. The first-order chi connectivity index (χ1) is 5.74. The Kier molecular flexibility index (Phi) is 3.98. The van der Waals surface area contributed by atoms with E-state index in [0.29, 0.717) is 18.1 Å². The van der Waals surface area contributed by atoms with Gasteiger partial charge in [0.1, 0.15) is 5.82 Å². The molecule has 0 aliphatic carbocycles. The van der Waals surface area contributed by atoms with Crippen molar-refractivity contribution in [3.63, 3.8) is 0 Å². The molecule has 1 rings (SSSR count). The Morgan fingerprint density at radius 3 is 2.92 bits per heavy atom. The van der Waals surface area contributed by atoms with Gasteiger partial charge in [0.05, 0.1) is 6.00 Å². The van der Waals surface area contributed by atoms with Gasteiger partial charge in [-0.05, 0) is 18.2 Å². The second-order valence-corrected chi connectivity index (χ2v) is 3.48. The lowest BCUT2D eigenvalue weighted by Crippen LogP contribution is -2.11. The Bertz CT molecular complexity index is 267. The predicted octanol–water partition coefficient (Wildman–Crippen LogP) is 2.87. The number of hydrogen-bond donors (Lipinski definition) is 1. The zero-order chi connectivity index (χ0) is 8.97. The highest BCUT2D eigenvalue weighted by Crippen LogP contribution is 2.15. The molecule has 0 aliphatic heterocycles. The first kappa shape index (κ1) is 9.96. The molecule has 0 atom stereocenters. The smallest absolute Gasteiger partial charge is 0.127 e. The molecule has 0 radical (unpaired) electrons. The second kappa shape index (κ2) is 4.80. The maximum atomic E-state index is 13.0. The van der Waals surface area contributed by atoms with Crippen molar-refractivity contribution >= 4 is 27.5 Å². The standard InChI is InChI=1S/C8H8BrClFN/c9-7-1-2-8(11)6(3-7)4-12-5-10/h1-3,12H,4-5H2. The third kappa shape index (κ3) is 2.73. The molecule has 1 aromatic rings. The fourth-order valence-corrected chi connectivity index (χ4v) is 1.36. The summed E-state index contributed by atoms with van der Waals surface area (Å²) in [4.78, 5) is 0. The SMILES string of the molecule is Fc1ccc(Br)cc1CNCCl. The van der Waals surface area contributed by atoms with E-state index >= 15 is 0 Å². The van der Waals surface area contributed by atoms with Crippen molar-refractivity contribution in [1.82, 2.24) is 5.32 Å². The molecule has 0 fully saturated rings. The lowest BCUT2D eigenvalue weighted by Gasteiger charge is -2.03. The molecule has 1 N–H and O–H groups in total. The zero-order valence-electron chi connectivity index (χ0n) is 6.28. The molecule has 0 heterocycles. The fourth-order valence-electron chi connectivity index (χ4n) is 0.861. The van der Waals surface area contributed by atoms with Gasteiger partial charge < -0.3 is 0 Å². The normalized spacial score (nSPS) is 10.2. The number of halogens is 3. The minimum Gasteiger partial charge on any atom is -0.300 e. The lowest BCUT2D eigenvalue weighted by atomic mass is 10.2. The fraction of sp³-hybridized carbons (Fsp3) is 0.250. The van der Waals surface area contributed by atoms with Gasteiger partial charge in [0.15, 0.2) is 0 Å². The lowest BCUT2D eigenvalue weighted by molar-refractivity contribution is 0.598. The first-order valence-electron chi connectivity index (χ1n) is 3.44. The molecule has 4 heteroatoms. The summed E-state index contributed by atoms with van der Waals surface area (Å²) in [5.41, 5.74) is 0.616. The summed E-state index contributed by atoms with van der Waals surface area (Å²) in [6.07, 6.45) is 0. The van der Waals surface area contributed by atoms with Gasteiger partial charge in [-0.15, -0.1) is 11.6 Å². The van der Waals surface area contributed by atoms with Crippen LogP contribution in [0.2, 0.25) is 0 Å². The molecule has 66 valence electrons. The molecule has 0 aliphatic rings. The minimum atomic E-state index is -0.212. The zero-order valence-corrected chi connectivity index (χ0v) is 8.62. The van der Waals surface area contributed by atoms with Crippen molar-refractivity contribution in [3.8, 4) is 0 Å². The van der Waals surface area contributed by atoms with Crippen LogP contribution in [0.5, 0.6) is 0 Å². The topological polar surface area (TPSA) is 12.0 Å². The highest BCUT2D eigenvalue weighted by Gasteiger charge is 2.00. The maximum absolute atomic E-state index is 13.0. The van der Waals surface area contributed by atoms with E-state index in [1.165, 1.54) is 6.07 Å². The number of benzene rings is 1. The van der Waals surface area contributed by atoms with Crippen molar-refractivity contribution in [2.45, 2.75) is 6.54 Å². The van der Waals surface area contributed by atoms with Gasteiger partial charge >= 0.3 is 0 Å². The average Bonchev–Trinajstić information content (AvgIpc) is 2.07. The molecule has 1 aromatic carbocycles. The molecular weight excluding hydrogens is 244 g/mol. The third-order valence-electron chi connectivity index (χ3n) is 1.42. The monoisotopic (exact) mass is 251 g/mol. The average molecular weight is 253 g/mol. The van der Waals surface area contributed by atoms with E-state index < -0.39 is 0 Å². The Morgan fingerprint density at radius 1 is 1.50 bits per heavy atom. The van der Waals surface area contributed by atoms with Crippen molar-refractivity contribution < 1.29 is 4.39 Å². The summed E-state index contributed by atoms with van der Waals surface area (Å²) in [6.45, 7) is 0.453. The quantitative estimate of drug-likeness (QED) is 0.644. The van der Waals surface area contributed by atoms with Crippen LogP contribution in [0.4, 0.5) is 4.39 Å². The number of alkyl halides is 1. The summed E-state index contributed by atoms with van der Waals surface area (Å²) in [5, 5.41) is 2.84. The van der Waals surface area contributed by atoms with Gasteiger partial charge in [-0.3, -0.25) is 5.32 Å². The Hall–Kier alpha value is -0.120. The van der Waals surface area contributed by atoms with Gasteiger partial charge in [0.25, 0.3) is 0 Å². The highest BCUT2D eigenvalue weighted by atomic mass is 79.9. The van der Waals surface area contributed by atoms with Crippen LogP contribution in [0.1, 0.15) is 5.56 Å². The minimum absolute atomic E-state index is 0.212. The molecule has 1 nitrogen and oxygen atoms in total. The van der Waals surface area contributed by atoms with E-state index in [4.69, 9.17) is 11.6 Å². The van der Waals surface area contributed by atoms with Gasteiger partial charge in [-0.25, -0.2) is 4.39 Å².